The first kappa shape index (κ1) is 21.9. The number of nitrogens with one attached hydrogen (secondary N) is 1. The van der Waals surface area contributed by atoms with E-state index in [-0.39, 0.29) is 12.3 Å². The van der Waals surface area contributed by atoms with Crippen molar-refractivity contribution in [2.24, 2.45) is 0 Å². The topological polar surface area (TPSA) is 101 Å². The van der Waals surface area contributed by atoms with Gasteiger partial charge in [-0.3, -0.25) is 14.4 Å². The number of hydrogen-bond donors (Lipinski definition) is 2. The van der Waals surface area contributed by atoms with Gasteiger partial charge in [-0.2, -0.15) is 0 Å². The highest BCUT2D eigenvalue weighted by Crippen LogP contribution is 2.41. The number of amides is 2. The van der Waals surface area contributed by atoms with Gasteiger partial charge in [0.25, 0.3) is 11.8 Å². The van der Waals surface area contributed by atoms with Gasteiger partial charge < -0.3 is 24.6 Å². The van der Waals surface area contributed by atoms with Gasteiger partial charge in [0, 0.05) is 44.1 Å². The van der Waals surface area contributed by atoms with Gasteiger partial charge in [0.15, 0.2) is 11.4 Å². The molecule has 1 saturated heterocycles. The summed E-state index contributed by atoms with van der Waals surface area (Å²) in [6, 6.07) is 0.450. The molecule has 2 aliphatic heterocycles. The summed E-state index contributed by atoms with van der Waals surface area (Å²) in [5, 5.41) is 12.7. The van der Waals surface area contributed by atoms with Crippen LogP contribution in [0.5, 0.6) is 5.75 Å². The van der Waals surface area contributed by atoms with E-state index in [9.17, 15) is 32.7 Å². The molecule has 2 amide bonds. The fourth-order valence-electron chi connectivity index (χ4n) is 4.23. The number of likely N-dealkylation sites (N-methyl/N-ethyl adjacent to an activating group) is 1. The Kier molecular flexibility index (Phi) is 5.24. The van der Waals surface area contributed by atoms with E-state index < -0.39 is 69.7 Å². The van der Waals surface area contributed by atoms with Crippen LogP contribution in [-0.2, 0) is 11.3 Å². The van der Waals surface area contributed by atoms with E-state index in [1.807, 2.05) is 6.92 Å². The molecule has 0 unspecified atom stereocenters. The van der Waals surface area contributed by atoms with Crippen LogP contribution in [0.25, 0.3) is 0 Å². The van der Waals surface area contributed by atoms with Crippen molar-refractivity contribution in [3.05, 3.63) is 62.8 Å². The van der Waals surface area contributed by atoms with Gasteiger partial charge in [-0.15, -0.1) is 0 Å². The number of rotatable bonds is 3. The molecule has 0 radical (unpaired) electrons. The predicted molar refractivity (Wildman–Crippen MR) is 105 cm³/mol. The molecule has 0 aliphatic carbocycles. The minimum atomic E-state index is -1.20. The summed E-state index contributed by atoms with van der Waals surface area (Å²) >= 11 is 0. The minimum absolute atomic E-state index is 0.177. The molecule has 0 saturated carbocycles. The lowest BCUT2D eigenvalue weighted by atomic mass is 9.82. The summed E-state index contributed by atoms with van der Waals surface area (Å²) in [6.45, 7) is 1.77. The van der Waals surface area contributed by atoms with Gasteiger partial charge >= 0.3 is 0 Å². The second kappa shape index (κ2) is 7.66. The smallest absolute Gasteiger partial charge is 0.274 e. The van der Waals surface area contributed by atoms with Gasteiger partial charge in [-0.05, 0) is 13.3 Å². The van der Waals surface area contributed by atoms with Crippen molar-refractivity contribution in [3.8, 4) is 5.75 Å². The highest BCUT2D eigenvalue weighted by molar-refractivity contribution is 5.99. The first-order valence-corrected chi connectivity index (χ1v) is 9.82. The molecule has 1 aromatic carbocycles. The summed E-state index contributed by atoms with van der Waals surface area (Å²) in [5.41, 5.74) is -3.15. The van der Waals surface area contributed by atoms with Crippen LogP contribution < -0.4 is 10.7 Å². The van der Waals surface area contributed by atoms with E-state index in [1.54, 1.807) is 7.05 Å². The second-order valence-corrected chi connectivity index (χ2v) is 8.07. The summed E-state index contributed by atoms with van der Waals surface area (Å²) in [6.07, 6.45) is 1.64. The maximum atomic E-state index is 13.8. The number of nitrogens with zero attached hydrogens (tertiary/aromatic N) is 2. The van der Waals surface area contributed by atoms with Crippen molar-refractivity contribution in [1.82, 2.24) is 14.8 Å². The molecule has 0 spiro atoms. The highest BCUT2D eigenvalue weighted by Gasteiger charge is 2.50. The Bertz CT molecular complexity index is 1170. The molecule has 0 bridgehead atoms. The summed E-state index contributed by atoms with van der Waals surface area (Å²) in [7, 11) is 1.57. The third kappa shape index (κ3) is 3.24. The fourth-order valence-corrected chi connectivity index (χ4v) is 4.23. The predicted octanol–water partition coefficient (Wildman–Crippen LogP) is 1.71. The Balaban J connectivity index is 1.72. The number of halogens is 3. The lowest BCUT2D eigenvalue weighted by Crippen LogP contribution is -2.61. The van der Waals surface area contributed by atoms with Gasteiger partial charge in [0.2, 0.25) is 5.43 Å². The van der Waals surface area contributed by atoms with Crippen molar-refractivity contribution >= 4 is 11.8 Å². The van der Waals surface area contributed by atoms with E-state index in [0.717, 1.165) is 6.20 Å². The van der Waals surface area contributed by atoms with E-state index in [0.29, 0.717) is 25.2 Å². The van der Waals surface area contributed by atoms with Crippen molar-refractivity contribution < 1.29 is 32.6 Å². The molecule has 3 heterocycles. The van der Waals surface area contributed by atoms with Gasteiger partial charge in [0.05, 0.1) is 18.2 Å². The average Bonchev–Trinajstić information content (AvgIpc) is 2.73. The number of hydrogen-bond acceptors (Lipinski definition) is 5. The molecule has 1 aromatic heterocycles. The third-order valence-electron chi connectivity index (χ3n) is 6.34. The van der Waals surface area contributed by atoms with Crippen LogP contribution in [0.4, 0.5) is 13.2 Å². The molecule has 170 valence electrons. The zero-order valence-electron chi connectivity index (χ0n) is 17.2. The first-order chi connectivity index (χ1) is 15.1. The molecule has 32 heavy (non-hydrogen) atoms. The fraction of sp³-hybridized carbons (Fsp3) is 0.381. The number of benzene rings is 1. The Morgan fingerprint density at radius 3 is 2.59 bits per heavy atom. The average molecular weight is 451 g/mol. The van der Waals surface area contributed by atoms with Crippen LogP contribution >= 0.6 is 0 Å². The summed E-state index contributed by atoms with van der Waals surface area (Å²) in [5.74, 6) is -6.01. The van der Waals surface area contributed by atoms with E-state index in [4.69, 9.17) is 4.74 Å². The molecular formula is C21H20F3N3O5. The largest absolute Gasteiger partial charge is 0.503 e. The van der Waals surface area contributed by atoms with Gasteiger partial charge in [-0.1, -0.05) is 0 Å². The van der Waals surface area contributed by atoms with Crippen molar-refractivity contribution in [2.45, 2.75) is 31.5 Å². The zero-order chi connectivity index (χ0) is 23.4. The summed E-state index contributed by atoms with van der Waals surface area (Å²) in [4.78, 5) is 39.7. The minimum Gasteiger partial charge on any atom is -0.503 e. The van der Waals surface area contributed by atoms with Crippen molar-refractivity contribution in [1.29, 1.82) is 0 Å². The molecule has 8 nitrogen and oxygen atoms in total. The number of aromatic hydroxyl groups is 1. The Labute approximate surface area is 180 Å². The number of ether oxygens (including phenoxy) is 1. The quantitative estimate of drug-likeness (QED) is 0.740. The van der Waals surface area contributed by atoms with E-state index >= 15 is 0 Å². The Hall–Kier alpha value is -3.34. The van der Waals surface area contributed by atoms with E-state index in [2.05, 4.69) is 5.32 Å². The lowest BCUT2D eigenvalue weighted by molar-refractivity contribution is -0.0528. The van der Waals surface area contributed by atoms with Gasteiger partial charge in [-0.25, -0.2) is 13.2 Å². The molecule has 4 rings (SSSR count). The van der Waals surface area contributed by atoms with E-state index in [1.165, 1.54) is 9.47 Å². The van der Waals surface area contributed by atoms with Crippen LogP contribution in [-0.4, -0.2) is 52.2 Å². The summed E-state index contributed by atoms with van der Waals surface area (Å²) < 4.78 is 47.6. The third-order valence-corrected chi connectivity index (χ3v) is 6.34. The zero-order valence-corrected chi connectivity index (χ0v) is 17.2. The van der Waals surface area contributed by atoms with Crippen LogP contribution in [0, 0.1) is 17.5 Å². The maximum Gasteiger partial charge on any atom is 0.274 e. The number of fused-ring (bicyclic) bond motifs is 3. The van der Waals surface area contributed by atoms with Crippen molar-refractivity contribution in [2.75, 3.05) is 20.3 Å². The molecule has 11 heteroatoms. The monoisotopic (exact) mass is 451 g/mol. The SMILES string of the molecule is CN1C(=O)c2c(O)c(=O)c(C(=O)NCc3c(F)cc(F)cc3F)cn2[C@H]2COCC[C@]21C. The standard InChI is InChI=1S/C21H20F3N3O5/c1-21-3-4-32-9-15(21)27-8-12(17(28)18(29)16(27)20(31)26(21)2)19(30)25-7-11-13(23)5-10(22)6-14(11)24/h5-6,8,15,29H,3-4,7,9H2,1-2H3,(H,25,30)/t15-,21+/m0/s1. The number of aromatic nitrogens is 1. The Morgan fingerprint density at radius 1 is 1.28 bits per heavy atom. The first-order valence-electron chi connectivity index (χ1n) is 9.82. The maximum absolute atomic E-state index is 13.8. The lowest BCUT2D eigenvalue weighted by Gasteiger charge is -2.51. The van der Waals surface area contributed by atoms with Crippen molar-refractivity contribution in [3.63, 3.8) is 0 Å². The molecule has 2 atom stereocenters. The molecule has 2 aliphatic rings. The normalized spacial score (nSPS) is 22.3. The number of carbonyl (C=O) groups excluding carboxylic acids is 2. The second-order valence-electron chi connectivity index (χ2n) is 8.07. The van der Waals surface area contributed by atoms with Crippen LogP contribution in [0.2, 0.25) is 0 Å². The number of carbonyl (C=O) groups is 2. The Morgan fingerprint density at radius 2 is 1.94 bits per heavy atom. The molecule has 2 N–H and O–H groups in total. The molecule has 1 fully saturated rings. The van der Waals surface area contributed by atoms with Crippen LogP contribution in [0.3, 0.4) is 0 Å². The van der Waals surface area contributed by atoms with Gasteiger partial charge in [0.1, 0.15) is 23.0 Å². The number of pyridine rings is 1. The van der Waals surface area contributed by atoms with Crippen LogP contribution in [0.1, 0.15) is 45.8 Å². The molecular weight excluding hydrogens is 431 g/mol. The molecule has 2 aromatic rings. The van der Waals surface area contributed by atoms with Crippen LogP contribution in [0.15, 0.2) is 23.1 Å². The highest BCUT2D eigenvalue weighted by atomic mass is 19.1.